The predicted molar refractivity (Wildman–Crippen MR) is 96.3 cm³/mol. The Kier molecular flexibility index (Phi) is 5.58. The molecule has 0 aliphatic heterocycles. The number of nitrogens with one attached hydrogen (secondary N) is 1. The van der Waals surface area contributed by atoms with E-state index in [0.717, 1.165) is 11.1 Å². The van der Waals surface area contributed by atoms with Crippen LogP contribution in [0.4, 0.5) is 11.4 Å². The van der Waals surface area contributed by atoms with E-state index in [1.165, 1.54) is 4.90 Å². The third-order valence-corrected chi connectivity index (χ3v) is 3.73. The predicted octanol–water partition coefficient (Wildman–Crippen LogP) is 2.95. The average Bonchev–Trinajstić information content (AvgIpc) is 2.56. The second-order valence-corrected chi connectivity index (χ2v) is 6.06. The van der Waals surface area contributed by atoms with Crippen LogP contribution in [-0.2, 0) is 16.1 Å². The summed E-state index contributed by atoms with van der Waals surface area (Å²) in [6, 6.07) is 14.8. The number of nitrogens with two attached hydrogens (primary N) is 1. The van der Waals surface area contributed by atoms with Crippen LogP contribution in [0.3, 0.4) is 0 Å². The van der Waals surface area contributed by atoms with Crippen LogP contribution in [0.25, 0.3) is 0 Å². The van der Waals surface area contributed by atoms with Crippen LogP contribution in [-0.4, -0.2) is 22.8 Å². The van der Waals surface area contributed by atoms with Gasteiger partial charge < -0.3 is 16.0 Å². The lowest BCUT2D eigenvalue weighted by Crippen LogP contribution is -2.43. The van der Waals surface area contributed by atoms with Gasteiger partial charge >= 0.3 is 11.8 Å². The summed E-state index contributed by atoms with van der Waals surface area (Å²) in [5, 5.41) is 2.62. The van der Waals surface area contributed by atoms with Crippen LogP contribution in [0.15, 0.2) is 48.5 Å². The highest BCUT2D eigenvalue weighted by Crippen LogP contribution is 2.20. The first kappa shape index (κ1) is 17.5. The monoisotopic (exact) mass is 325 g/mol. The molecule has 5 nitrogen and oxygen atoms in total. The minimum absolute atomic E-state index is 0.0988. The molecule has 5 heteroatoms. The maximum absolute atomic E-state index is 12.6. The lowest BCUT2D eigenvalue weighted by Gasteiger charge is -2.26. The number of benzene rings is 2. The van der Waals surface area contributed by atoms with E-state index in [-0.39, 0.29) is 6.04 Å². The second kappa shape index (κ2) is 7.64. The van der Waals surface area contributed by atoms with Gasteiger partial charge in [-0.1, -0.05) is 36.4 Å². The molecule has 24 heavy (non-hydrogen) atoms. The number of aryl methyl sites for hydroxylation is 1. The van der Waals surface area contributed by atoms with Gasteiger partial charge in [0.2, 0.25) is 0 Å². The highest BCUT2D eigenvalue weighted by molar-refractivity contribution is 6.39. The zero-order chi connectivity index (χ0) is 17.7. The molecule has 0 saturated carbocycles. The molecule has 0 spiro atoms. The largest absolute Gasteiger partial charge is 0.397 e. The maximum atomic E-state index is 12.6. The maximum Gasteiger partial charge on any atom is 0.313 e. The Morgan fingerprint density at radius 3 is 2.42 bits per heavy atom. The van der Waals surface area contributed by atoms with Crippen LogP contribution in [0.2, 0.25) is 0 Å². The molecule has 0 aliphatic rings. The van der Waals surface area contributed by atoms with E-state index in [9.17, 15) is 9.59 Å². The van der Waals surface area contributed by atoms with Crippen LogP contribution < -0.4 is 11.1 Å². The lowest BCUT2D eigenvalue weighted by atomic mass is 10.1. The number of hydrogen-bond donors (Lipinski definition) is 2. The number of carbonyl (C=O) groups excluding carboxylic acids is 2. The molecule has 2 aromatic carbocycles. The molecule has 0 radical (unpaired) electrons. The third kappa shape index (κ3) is 4.35. The Labute approximate surface area is 142 Å². The van der Waals surface area contributed by atoms with E-state index in [4.69, 9.17) is 5.73 Å². The van der Waals surface area contributed by atoms with Gasteiger partial charge in [-0.15, -0.1) is 0 Å². The van der Waals surface area contributed by atoms with Crippen molar-refractivity contribution in [2.24, 2.45) is 0 Å². The summed E-state index contributed by atoms with van der Waals surface area (Å²) in [4.78, 5) is 26.5. The van der Waals surface area contributed by atoms with Gasteiger partial charge in [0.15, 0.2) is 0 Å². The minimum Gasteiger partial charge on any atom is -0.397 e. The molecule has 0 aliphatic carbocycles. The molecule has 0 aromatic heterocycles. The number of hydrogen-bond acceptors (Lipinski definition) is 3. The van der Waals surface area contributed by atoms with Gasteiger partial charge in [-0.05, 0) is 44.0 Å². The highest BCUT2D eigenvalue weighted by Gasteiger charge is 2.24. The van der Waals surface area contributed by atoms with Crippen molar-refractivity contribution in [2.75, 3.05) is 11.1 Å². The normalized spacial score (nSPS) is 10.5. The second-order valence-electron chi connectivity index (χ2n) is 6.06. The summed E-state index contributed by atoms with van der Waals surface area (Å²) < 4.78 is 0. The summed E-state index contributed by atoms with van der Waals surface area (Å²) in [5.41, 5.74) is 8.67. The van der Waals surface area contributed by atoms with E-state index >= 15 is 0 Å². The number of nitrogen functional groups attached to an aromatic ring is 1. The van der Waals surface area contributed by atoms with Gasteiger partial charge in [-0.3, -0.25) is 9.59 Å². The van der Waals surface area contributed by atoms with Crippen molar-refractivity contribution in [3.05, 3.63) is 59.7 Å². The Morgan fingerprint density at radius 1 is 1.12 bits per heavy atom. The molecule has 2 aromatic rings. The highest BCUT2D eigenvalue weighted by atomic mass is 16.2. The Balaban J connectivity index is 2.14. The molecular weight excluding hydrogens is 302 g/mol. The minimum atomic E-state index is -0.683. The van der Waals surface area contributed by atoms with Crippen molar-refractivity contribution >= 4 is 23.2 Å². The summed E-state index contributed by atoms with van der Waals surface area (Å²) in [7, 11) is 0. The molecule has 0 fully saturated rings. The Hall–Kier alpha value is -2.82. The first-order valence-electron chi connectivity index (χ1n) is 7.90. The summed E-state index contributed by atoms with van der Waals surface area (Å²) >= 11 is 0. The smallest absolute Gasteiger partial charge is 0.313 e. The molecule has 3 N–H and O–H groups in total. The van der Waals surface area contributed by atoms with Gasteiger partial charge in [0.05, 0.1) is 11.4 Å². The van der Waals surface area contributed by atoms with Crippen LogP contribution in [0.1, 0.15) is 25.0 Å². The average molecular weight is 325 g/mol. The number of rotatable bonds is 4. The van der Waals surface area contributed by atoms with Crippen molar-refractivity contribution in [3.63, 3.8) is 0 Å². The summed E-state index contributed by atoms with van der Waals surface area (Å²) in [6.45, 7) is 6.05. The van der Waals surface area contributed by atoms with Gasteiger partial charge in [0.1, 0.15) is 0 Å². The zero-order valence-electron chi connectivity index (χ0n) is 14.2. The fraction of sp³-hybridized carbons (Fsp3) is 0.263. The molecule has 126 valence electrons. The molecule has 0 bridgehead atoms. The SMILES string of the molecule is Cc1ccc(N)c(NC(=O)C(=O)N(Cc2ccccc2)C(C)C)c1. The van der Waals surface area contributed by atoms with E-state index in [2.05, 4.69) is 5.32 Å². The fourth-order valence-electron chi connectivity index (χ4n) is 2.35. The zero-order valence-corrected chi connectivity index (χ0v) is 14.2. The molecular formula is C19H23N3O2. The lowest BCUT2D eigenvalue weighted by molar-refractivity contribution is -0.144. The third-order valence-electron chi connectivity index (χ3n) is 3.73. The number of carbonyl (C=O) groups is 2. The summed E-state index contributed by atoms with van der Waals surface area (Å²) in [6.07, 6.45) is 0. The van der Waals surface area contributed by atoms with E-state index in [1.807, 2.05) is 57.2 Å². The topological polar surface area (TPSA) is 75.4 Å². The Bertz CT molecular complexity index is 727. The first-order chi connectivity index (χ1) is 11.4. The van der Waals surface area contributed by atoms with Gasteiger partial charge in [-0.2, -0.15) is 0 Å². The van der Waals surface area contributed by atoms with Gasteiger partial charge in [0.25, 0.3) is 0 Å². The fourth-order valence-corrected chi connectivity index (χ4v) is 2.35. The van der Waals surface area contributed by atoms with Crippen LogP contribution in [0, 0.1) is 6.92 Å². The van der Waals surface area contributed by atoms with Crippen molar-refractivity contribution in [2.45, 2.75) is 33.4 Å². The number of anilines is 2. The van der Waals surface area contributed by atoms with Crippen molar-refractivity contribution in [3.8, 4) is 0 Å². The van der Waals surface area contributed by atoms with Crippen molar-refractivity contribution in [1.29, 1.82) is 0 Å². The molecule has 0 heterocycles. The van der Waals surface area contributed by atoms with E-state index in [0.29, 0.717) is 17.9 Å². The van der Waals surface area contributed by atoms with E-state index in [1.54, 1.807) is 12.1 Å². The quantitative estimate of drug-likeness (QED) is 0.670. The molecule has 2 rings (SSSR count). The molecule has 0 unspecified atom stereocenters. The van der Waals surface area contributed by atoms with Gasteiger partial charge in [0, 0.05) is 12.6 Å². The van der Waals surface area contributed by atoms with E-state index < -0.39 is 11.8 Å². The standard InChI is InChI=1S/C19H23N3O2/c1-13(2)22(12-15-7-5-4-6-8-15)19(24)18(23)21-17-11-14(3)9-10-16(17)20/h4-11,13H,12,20H2,1-3H3,(H,21,23). The number of amides is 2. The first-order valence-corrected chi connectivity index (χ1v) is 7.90. The molecule has 0 atom stereocenters. The Morgan fingerprint density at radius 2 is 1.79 bits per heavy atom. The van der Waals surface area contributed by atoms with Crippen molar-refractivity contribution < 1.29 is 9.59 Å². The van der Waals surface area contributed by atoms with Crippen LogP contribution in [0.5, 0.6) is 0 Å². The van der Waals surface area contributed by atoms with Crippen LogP contribution >= 0.6 is 0 Å². The number of nitrogens with zero attached hydrogens (tertiary/aromatic N) is 1. The molecule has 0 saturated heterocycles. The van der Waals surface area contributed by atoms with Gasteiger partial charge in [-0.25, -0.2) is 0 Å². The molecule has 2 amide bonds. The van der Waals surface area contributed by atoms with Crippen molar-refractivity contribution in [1.82, 2.24) is 4.90 Å². The summed E-state index contributed by atoms with van der Waals surface area (Å²) in [5.74, 6) is -1.26.